The third kappa shape index (κ3) is 48.5. The fourth-order valence-corrected chi connectivity index (χ4v) is 4.29. The summed E-state index contributed by atoms with van der Waals surface area (Å²) in [5.74, 6) is -0.422. The number of unbranched alkanes of at least 4 members (excludes halogenated alkanes) is 7. The van der Waals surface area contributed by atoms with Crippen LogP contribution < -0.4 is 0 Å². The zero-order valence-corrected chi connectivity index (χ0v) is 32.8. The maximum absolute atomic E-state index is 10.9. The van der Waals surface area contributed by atoms with Crippen LogP contribution in [0.2, 0.25) is 0 Å². The van der Waals surface area contributed by atoms with Crippen molar-refractivity contribution in [2.24, 2.45) is 0 Å². The first-order valence-corrected chi connectivity index (χ1v) is 19.6. The molecule has 0 saturated carbocycles. The van der Waals surface area contributed by atoms with Crippen LogP contribution in [-0.4, -0.2) is 171 Å². The topological polar surface area (TPSA) is 137 Å². The molecule has 0 aliphatic carbocycles. The van der Waals surface area contributed by atoms with Gasteiger partial charge in [-0.25, -0.2) is 4.79 Å². The van der Waals surface area contributed by atoms with Crippen LogP contribution in [0.4, 0.5) is 0 Å². The van der Waals surface area contributed by atoms with Gasteiger partial charge in [0.05, 0.1) is 152 Å². The summed E-state index contributed by atoms with van der Waals surface area (Å²) >= 11 is 0. The van der Waals surface area contributed by atoms with Crippen molar-refractivity contribution in [3.63, 3.8) is 0 Å². The standard InChI is InChI=1S/C39H74O14/c1-3-5-6-7-8-9-10-11-12-14-41-17-19-43-21-23-45-25-27-47-29-31-49-33-35-51-37-38-52-36-34-50-32-30-48-28-26-46-24-22-44-20-18-42-15-13-16-53-39(40)4-2/h3-4H,1-2,5-38H2. The first-order valence-electron chi connectivity index (χ1n) is 19.6. The SMILES string of the molecule is C=CCCCCCCCCCOCCOCCOCCOCCOCCOCCOCCOCCOCCOCCOCCOCCCOC(=O)C=C. The number of carbonyl (C=O) groups excluding carboxylic acids is 1. The first kappa shape index (κ1) is 51.5. The van der Waals surface area contributed by atoms with Gasteiger partial charge in [0.25, 0.3) is 0 Å². The third-order valence-corrected chi connectivity index (χ3v) is 7.13. The van der Waals surface area contributed by atoms with Gasteiger partial charge in [0, 0.05) is 25.7 Å². The average Bonchev–Trinajstić information content (AvgIpc) is 3.17. The summed E-state index contributed by atoms with van der Waals surface area (Å²) in [5, 5.41) is 0. The van der Waals surface area contributed by atoms with E-state index in [1.165, 1.54) is 38.5 Å². The average molecular weight is 767 g/mol. The third-order valence-electron chi connectivity index (χ3n) is 7.13. The van der Waals surface area contributed by atoms with Crippen LogP contribution in [-0.2, 0) is 66.4 Å². The Bertz CT molecular complexity index is 730. The lowest BCUT2D eigenvalue weighted by atomic mass is 10.1. The van der Waals surface area contributed by atoms with Crippen molar-refractivity contribution < 1.29 is 66.4 Å². The molecule has 0 aromatic rings. The maximum Gasteiger partial charge on any atom is 0.330 e. The predicted molar refractivity (Wildman–Crippen MR) is 203 cm³/mol. The molecule has 0 fully saturated rings. The van der Waals surface area contributed by atoms with Crippen LogP contribution in [0.15, 0.2) is 25.3 Å². The van der Waals surface area contributed by atoms with Crippen molar-refractivity contribution in [2.45, 2.75) is 57.8 Å². The van der Waals surface area contributed by atoms with Gasteiger partial charge in [-0.1, -0.05) is 44.8 Å². The number of esters is 1. The Morgan fingerprint density at radius 1 is 0.302 bits per heavy atom. The van der Waals surface area contributed by atoms with Gasteiger partial charge in [-0.05, 0) is 19.3 Å². The molecule has 0 heterocycles. The lowest BCUT2D eigenvalue weighted by Crippen LogP contribution is -2.15. The second-order valence-corrected chi connectivity index (χ2v) is 11.6. The van der Waals surface area contributed by atoms with E-state index in [2.05, 4.69) is 13.2 Å². The van der Waals surface area contributed by atoms with Crippen molar-refractivity contribution in [3.05, 3.63) is 25.3 Å². The Morgan fingerprint density at radius 2 is 0.547 bits per heavy atom. The molecule has 0 radical (unpaired) electrons. The van der Waals surface area contributed by atoms with E-state index in [9.17, 15) is 4.79 Å². The Morgan fingerprint density at radius 3 is 0.830 bits per heavy atom. The van der Waals surface area contributed by atoms with Crippen molar-refractivity contribution in [1.82, 2.24) is 0 Å². The van der Waals surface area contributed by atoms with Crippen LogP contribution in [0.3, 0.4) is 0 Å². The summed E-state index contributed by atoms with van der Waals surface area (Å²) < 4.78 is 70.8. The van der Waals surface area contributed by atoms with Gasteiger partial charge in [0.15, 0.2) is 0 Å². The molecule has 14 nitrogen and oxygen atoms in total. The molecule has 0 aliphatic heterocycles. The molecule has 14 heteroatoms. The van der Waals surface area contributed by atoms with Gasteiger partial charge in [0.2, 0.25) is 0 Å². The van der Waals surface area contributed by atoms with Gasteiger partial charge >= 0.3 is 5.97 Å². The fourth-order valence-electron chi connectivity index (χ4n) is 4.29. The van der Waals surface area contributed by atoms with Crippen LogP contribution in [0, 0.1) is 0 Å². The molecule has 53 heavy (non-hydrogen) atoms. The van der Waals surface area contributed by atoms with E-state index < -0.39 is 5.97 Å². The fraction of sp³-hybridized carbons (Fsp3) is 0.872. The van der Waals surface area contributed by atoms with Gasteiger partial charge < -0.3 is 61.6 Å². The minimum absolute atomic E-state index is 0.319. The number of ether oxygens (including phenoxy) is 13. The second-order valence-electron chi connectivity index (χ2n) is 11.6. The van der Waals surface area contributed by atoms with E-state index in [0.29, 0.717) is 165 Å². The van der Waals surface area contributed by atoms with Crippen LogP contribution in [0.25, 0.3) is 0 Å². The quantitative estimate of drug-likeness (QED) is 0.0369. The molecule has 0 rings (SSSR count). The number of hydrogen-bond acceptors (Lipinski definition) is 14. The Kier molecular flexibility index (Phi) is 47.1. The van der Waals surface area contributed by atoms with Gasteiger partial charge in [0.1, 0.15) is 0 Å². The van der Waals surface area contributed by atoms with Crippen molar-refractivity contribution in [3.8, 4) is 0 Å². The second kappa shape index (κ2) is 48.5. The van der Waals surface area contributed by atoms with Crippen LogP contribution in [0.1, 0.15) is 57.8 Å². The minimum Gasteiger partial charge on any atom is -0.462 e. The Hall–Kier alpha value is -1.53. The minimum atomic E-state index is -0.422. The molecule has 0 atom stereocenters. The molecular formula is C39H74O14. The van der Waals surface area contributed by atoms with E-state index in [1.54, 1.807) is 0 Å². The van der Waals surface area contributed by atoms with E-state index >= 15 is 0 Å². The number of allylic oxidation sites excluding steroid dienone is 1. The molecule has 314 valence electrons. The molecule has 0 bridgehead atoms. The number of hydrogen-bond donors (Lipinski definition) is 0. The number of rotatable bonds is 48. The molecular weight excluding hydrogens is 692 g/mol. The molecule has 0 aliphatic rings. The highest BCUT2D eigenvalue weighted by atomic mass is 16.6. The highest BCUT2D eigenvalue weighted by Gasteiger charge is 1.98. The highest BCUT2D eigenvalue weighted by Crippen LogP contribution is 2.08. The molecule has 0 aromatic heterocycles. The van der Waals surface area contributed by atoms with E-state index in [4.69, 9.17) is 61.6 Å². The van der Waals surface area contributed by atoms with E-state index in [1.807, 2.05) is 6.08 Å². The highest BCUT2D eigenvalue weighted by molar-refractivity contribution is 5.81. The van der Waals surface area contributed by atoms with Gasteiger partial charge in [-0.3, -0.25) is 0 Å². The summed E-state index contributed by atoms with van der Waals surface area (Å²) in [6.45, 7) is 20.1. The molecule has 0 amide bonds. The lowest BCUT2D eigenvalue weighted by molar-refractivity contribution is -0.138. The molecule has 0 unspecified atom stereocenters. The lowest BCUT2D eigenvalue weighted by Gasteiger charge is -2.09. The first-order chi connectivity index (χ1) is 26.3. The zero-order valence-electron chi connectivity index (χ0n) is 32.8. The Balaban J connectivity index is 3.06. The summed E-state index contributed by atoms with van der Waals surface area (Å²) in [6, 6.07) is 0. The zero-order chi connectivity index (χ0) is 38.2. The molecule has 0 spiro atoms. The monoisotopic (exact) mass is 767 g/mol. The molecule has 0 saturated heterocycles. The number of carbonyl (C=O) groups is 1. The van der Waals surface area contributed by atoms with Gasteiger partial charge in [-0.15, -0.1) is 6.58 Å². The molecule has 0 N–H and O–H groups in total. The summed E-state index contributed by atoms with van der Waals surface area (Å²) in [5.41, 5.74) is 0. The van der Waals surface area contributed by atoms with Crippen molar-refractivity contribution >= 4 is 5.97 Å². The van der Waals surface area contributed by atoms with E-state index in [0.717, 1.165) is 25.5 Å². The van der Waals surface area contributed by atoms with Crippen LogP contribution in [0.5, 0.6) is 0 Å². The van der Waals surface area contributed by atoms with Crippen molar-refractivity contribution in [2.75, 3.05) is 165 Å². The Labute approximate surface area is 320 Å². The largest absolute Gasteiger partial charge is 0.462 e. The summed E-state index contributed by atoms with van der Waals surface area (Å²) in [4.78, 5) is 10.9. The van der Waals surface area contributed by atoms with Gasteiger partial charge in [-0.2, -0.15) is 0 Å². The normalized spacial score (nSPS) is 11.3. The summed E-state index contributed by atoms with van der Waals surface area (Å²) in [6.07, 6.45) is 13.8. The summed E-state index contributed by atoms with van der Waals surface area (Å²) in [7, 11) is 0. The maximum atomic E-state index is 10.9. The van der Waals surface area contributed by atoms with Crippen LogP contribution >= 0.6 is 0 Å². The van der Waals surface area contributed by atoms with Crippen molar-refractivity contribution in [1.29, 1.82) is 0 Å². The van der Waals surface area contributed by atoms with E-state index in [-0.39, 0.29) is 0 Å². The molecule has 0 aromatic carbocycles. The predicted octanol–water partition coefficient (Wildman–Crippen LogP) is 4.61. The smallest absolute Gasteiger partial charge is 0.330 e.